The molecule has 24 heavy (non-hydrogen) atoms. The SMILES string of the molecule is CCN1C[C@@]2(CCCc3cc(Cl)ccc32)COc2ccc(Br)cc21. The molecule has 0 bridgehead atoms. The first-order valence-electron chi connectivity index (χ1n) is 8.57. The van der Waals surface area contributed by atoms with E-state index in [9.17, 15) is 0 Å². The summed E-state index contributed by atoms with van der Waals surface area (Å²) in [6.07, 6.45) is 3.46. The van der Waals surface area contributed by atoms with Crippen LogP contribution in [0.25, 0.3) is 0 Å². The van der Waals surface area contributed by atoms with E-state index in [-0.39, 0.29) is 5.41 Å². The average molecular weight is 407 g/mol. The highest BCUT2D eigenvalue weighted by Gasteiger charge is 2.41. The minimum Gasteiger partial charge on any atom is -0.490 e. The number of nitrogens with zero attached hydrogens (tertiary/aromatic N) is 1. The summed E-state index contributed by atoms with van der Waals surface area (Å²) in [7, 11) is 0. The third-order valence-electron chi connectivity index (χ3n) is 5.38. The maximum absolute atomic E-state index is 6.32. The molecule has 0 saturated carbocycles. The topological polar surface area (TPSA) is 12.5 Å². The zero-order chi connectivity index (χ0) is 16.7. The van der Waals surface area contributed by atoms with Crippen molar-refractivity contribution in [1.82, 2.24) is 0 Å². The monoisotopic (exact) mass is 405 g/mol. The van der Waals surface area contributed by atoms with Crippen LogP contribution in [0.15, 0.2) is 40.9 Å². The molecule has 0 fully saturated rings. The van der Waals surface area contributed by atoms with E-state index in [2.05, 4.69) is 58.1 Å². The van der Waals surface area contributed by atoms with Gasteiger partial charge in [-0.25, -0.2) is 0 Å². The second-order valence-corrected chi connectivity index (χ2v) is 8.20. The summed E-state index contributed by atoms with van der Waals surface area (Å²) in [5.74, 6) is 0.984. The van der Waals surface area contributed by atoms with Crippen LogP contribution in [-0.4, -0.2) is 19.7 Å². The molecular weight excluding hydrogens is 386 g/mol. The number of likely N-dealkylation sites (N-methyl/N-ethyl adjacent to an activating group) is 1. The van der Waals surface area contributed by atoms with Gasteiger partial charge in [0.05, 0.1) is 12.3 Å². The van der Waals surface area contributed by atoms with Gasteiger partial charge >= 0.3 is 0 Å². The van der Waals surface area contributed by atoms with E-state index in [1.54, 1.807) is 0 Å². The Morgan fingerprint density at radius 2 is 2.12 bits per heavy atom. The first kappa shape index (κ1) is 16.3. The maximum Gasteiger partial charge on any atom is 0.142 e. The number of rotatable bonds is 1. The van der Waals surface area contributed by atoms with Crippen molar-refractivity contribution in [3.8, 4) is 5.75 Å². The minimum absolute atomic E-state index is 0.0413. The van der Waals surface area contributed by atoms with Gasteiger partial charge in [0, 0.05) is 28.0 Å². The fourth-order valence-electron chi connectivity index (χ4n) is 4.21. The molecule has 2 aromatic rings. The van der Waals surface area contributed by atoms with E-state index < -0.39 is 0 Å². The maximum atomic E-state index is 6.32. The van der Waals surface area contributed by atoms with E-state index in [0.717, 1.165) is 47.8 Å². The number of benzene rings is 2. The highest BCUT2D eigenvalue weighted by Crippen LogP contribution is 2.44. The molecule has 0 N–H and O–H groups in total. The Kier molecular flexibility index (Phi) is 4.26. The molecule has 2 aliphatic rings. The van der Waals surface area contributed by atoms with Gasteiger partial charge in [-0.15, -0.1) is 0 Å². The number of hydrogen-bond acceptors (Lipinski definition) is 2. The molecule has 1 aliphatic heterocycles. The standard InChI is InChI=1S/C20H21BrClNO/c1-2-23-12-20(13-24-19-8-5-15(21)11-18(19)23)9-3-4-14-10-16(22)6-7-17(14)20/h5-8,10-11H,2-4,9,12-13H2,1H3/t20-/m0/s1. The molecule has 4 rings (SSSR count). The van der Waals surface area contributed by atoms with Crippen LogP contribution in [0.5, 0.6) is 5.75 Å². The van der Waals surface area contributed by atoms with Gasteiger partial charge in [0.25, 0.3) is 0 Å². The van der Waals surface area contributed by atoms with Crippen molar-refractivity contribution in [2.75, 3.05) is 24.6 Å². The van der Waals surface area contributed by atoms with Crippen LogP contribution >= 0.6 is 27.5 Å². The third kappa shape index (κ3) is 2.72. The van der Waals surface area contributed by atoms with E-state index in [0.29, 0.717) is 0 Å². The Hall–Kier alpha value is -1.19. The summed E-state index contributed by atoms with van der Waals surface area (Å²) in [5, 5.41) is 0.833. The van der Waals surface area contributed by atoms with Crippen LogP contribution in [0.4, 0.5) is 5.69 Å². The zero-order valence-corrected chi connectivity index (χ0v) is 16.2. The summed E-state index contributed by atoms with van der Waals surface area (Å²) in [5.41, 5.74) is 4.04. The van der Waals surface area contributed by atoms with Gasteiger partial charge in [-0.1, -0.05) is 33.6 Å². The zero-order valence-electron chi connectivity index (χ0n) is 13.8. The molecule has 2 aromatic carbocycles. The lowest BCUT2D eigenvalue weighted by molar-refractivity contribution is 0.207. The van der Waals surface area contributed by atoms with E-state index in [1.807, 2.05) is 6.07 Å². The summed E-state index contributed by atoms with van der Waals surface area (Å²) in [6.45, 7) is 4.90. The predicted molar refractivity (Wildman–Crippen MR) is 104 cm³/mol. The number of anilines is 1. The number of aryl methyl sites for hydroxylation is 1. The molecule has 0 unspecified atom stereocenters. The van der Waals surface area contributed by atoms with Crippen LogP contribution < -0.4 is 9.64 Å². The van der Waals surface area contributed by atoms with Crippen LogP contribution in [0, 0.1) is 0 Å². The van der Waals surface area contributed by atoms with Gasteiger partial charge in [-0.2, -0.15) is 0 Å². The fourth-order valence-corrected chi connectivity index (χ4v) is 4.75. The molecule has 0 saturated heterocycles. The molecule has 4 heteroatoms. The van der Waals surface area contributed by atoms with Gasteiger partial charge in [-0.3, -0.25) is 0 Å². The molecule has 1 aliphatic carbocycles. The number of halogens is 2. The third-order valence-corrected chi connectivity index (χ3v) is 6.11. The van der Waals surface area contributed by atoms with Crippen LogP contribution in [0.1, 0.15) is 30.9 Å². The molecule has 1 heterocycles. The van der Waals surface area contributed by atoms with Gasteiger partial charge in [0.15, 0.2) is 0 Å². The van der Waals surface area contributed by atoms with E-state index >= 15 is 0 Å². The van der Waals surface area contributed by atoms with Gasteiger partial charge in [0.2, 0.25) is 0 Å². The van der Waals surface area contributed by atoms with Gasteiger partial charge in [0.1, 0.15) is 5.75 Å². The minimum atomic E-state index is 0.0413. The Balaban J connectivity index is 1.80. The molecule has 1 atom stereocenters. The first-order valence-corrected chi connectivity index (χ1v) is 9.75. The lowest BCUT2D eigenvalue weighted by atomic mass is 9.70. The van der Waals surface area contributed by atoms with Crippen molar-refractivity contribution >= 4 is 33.2 Å². The van der Waals surface area contributed by atoms with Gasteiger partial charge < -0.3 is 9.64 Å². The van der Waals surface area contributed by atoms with E-state index in [4.69, 9.17) is 16.3 Å². The molecule has 0 radical (unpaired) electrons. The average Bonchev–Trinajstić information content (AvgIpc) is 2.73. The molecule has 0 aromatic heterocycles. The van der Waals surface area contributed by atoms with Crippen LogP contribution in [-0.2, 0) is 11.8 Å². The first-order chi connectivity index (χ1) is 11.6. The quantitative estimate of drug-likeness (QED) is 0.611. The van der Waals surface area contributed by atoms with Crippen molar-refractivity contribution in [3.05, 3.63) is 57.0 Å². The normalized spacial score (nSPS) is 22.5. The Labute approximate surface area is 156 Å². The van der Waals surface area contributed by atoms with Crippen molar-refractivity contribution in [2.24, 2.45) is 0 Å². The smallest absolute Gasteiger partial charge is 0.142 e. The molecule has 1 spiro atoms. The lowest BCUT2D eigenvalue weighted by Crippen LogP contribution is -2.45. The highest BCUT2D eigenvalue weighted by atomic mass is 79.9. The van der Waals surface area contributed by atoms with E-state index in [1.165, 1.54) is 23.2 Å². The van der Waals surface area contributed by atoms with Crippen LogP contribution in [0.3, 0.4) is 0 Å². The summed E-state index contributed by atoms with van der Waals surface area (Å²) in [6, 6.07) is 12.7. The highest BCUT2D eigenvalue weighted by molar-refractivity contribution is 9.10. The molecule has 0 amide bonds. The molecule has 2 nitrogen and oxygen atoms in total. The van der Waals surface area contributed by atoms with Crippen molar-refractivity contribution in [1.29, 1.82) is 0 Å². The predicted octanol–water partition coefficient (Wildman–Crippen LogP) is 5.60. The van der Waals surface area contributed by atoms with Crippen LogP contribution in [0.2, 0.25) is 5.02 Å². The van der Waals surface area contributed by atoms with Crippen molar-refractivity contribution < 1.29 is 4.74 Å². The molecular formula is C20H21BrClNO. The Morgan fingerprint density at radius 3 is 2.96 bits per heavy atom. The van der Waals surface area contributed by atoms with Crippen molar-refractivity contribution in [2.45, 2.75) is 31.6 Å². The lowest BCUT2D eigenvalue weighted by Gasteiger charge is -2.40. The number of ether oxygens (including phenoxy) is 1. The Bertz CT molecular complexity index is 778. The number of fused-ring (bicyclic) bond motifs is 3. The second-order valence-electron chi connectivity index (χ2n) is 6.85. The summed E-state index contributed by atoms with van der Waals surface area (Å²) >= 11 is 9.83. The number of hydrogen-bond donors (Lipinski definition) is 0. The fraction of sp³-hybridized carbons (Fsp3) is 0.400. The van der Waals surface area contributed by atoms with Gasteiger partial charge in [-0.05, 0) is 67.6 Å². The Morgan fingerprint density at radius 1 is 1.25 bits per heavy atom. The van der Waals surface area contributed by atoms with Crippen molar-refractivity contribution in [3.63, 3.8) is 0 Å². The summed E-state index contributed by atoms with van der Waals surface area (Å²) in [4.78, 5) is 2.46. The second kappa shape index (κ2) is 6.27. The summed E-state index contributed by atoms with van der Waals surface area (Å²) < 4.78 is 7.41. The largest absolute Gasteiger partial charge is 0.490 e. The molecule has 126 valence electrons.